The second-order valence-corrected chi connectivity index (χ2v) is 6.03. The van der Waals surface area contributed by atoms with Gasteiger partial charge in [-0.15, -0.1) is 0 Å². The Morgan fingerprint density at radius 2 is 1.88 bits per heavy atom. The first-order chi connectivity index (χ1) is 12.2. The smallest absolute Gasteiger partial charge is 0.254 e. The lowest BCUT2D eigenvalue weighted by Gasteiger charge is -2.29. The maximum atomic E-state index is 12.7. The van der Waals surface area contributed by atoms with Crippen LogP contribution in [0.15, 0.2) is 60.4 Å². The molecule has 0 radical (unpaired) electrons. The highest BCUT2D eigenvalue weighted by Crippen LogP contribution is 2.21. The van der Waals surface area contributed by atoms with Crippen molar-refractivity contribution in [3.63, 3.8) is 0 Å². The molecule has 0 unspecified atom stereocenters. The van der Waals surface area contributed by atoms with E-state index in [1.807, 2.05) is 17.0 Å². The number of rotatable bonds is 5. The second-order valence-electron chi connectivity index (χ2n) is 6.03. The van der Waals surface area contributed by atoms with E-state index in [4.69, 9.17) is 10.5 Å². The van der Waals surface area contributed by atoms with Crippen LogP contribution in [-0.2, 0) is 13.0 Å². The third-order valence-electron chi connectivity index (χ3n) is 4.36. The average Bonchev–Trinajstić information content (AvgIpc) is 2.68. The number of ether oxygens (including phenoxy) is 1. The summed E-state index contributed by atoms with van der Waals surface area (Å²) in [5, 5.41) is 0. The largest absolute Gasteiger partial charge is 0.489 e. The summed E-state index contributed by atoms with van der Waals surface area (Å²) in [7, 11) is 0. The summed E-state index contributed by atoms with van der Waals surface area (Å²) in [5.74, 6) is 0.584. The third-order valence-corrected chi connectivity index (χ3v) is 4.36. The van der Waals surface area contributed by atoms with E-state index >= 15 is 0 Å². The van der Waals surface area contributed by atoms with Crippen LogP contribution in [0, 0.1) is 0 Å². The molecule has 1 aliphatic rings. The zero-order chi connectivity index (χ0) is 17.6. The minimum Gasteiger partial charge on any atom is -0.489 e. The molecule has 25 heavy (non-hydrogen) atoms. The minimum atomic E-state index is 0.00681. The number of halogens is 1. The summed E-state index contributed by atoms with van der Waals surface area (Å²) in [5.41, 5.74) is 8.90. The predicted molar refractivity (Wildman–Crippen MR) is 95.1 cm³/mol. The molecular weight excluding hydrogens is 319 g/mol. The lowest BCUT2D eigenvalue weighted by molar-refractivity contribution is 0.0734. The van der Waals surface area contributed by atoms with Gasteiger partial charge in [-0.2, -0.15) is 0 Å². The maximum Gasteiger partial charge on any atom is 0.254 e. The highest BCUT2D eigenvalue weighted by atomic mass is 19.1. The number of benzene rings is 2. The van der Waals surface area contributed by atoms with Crippen LogP contribution in [0.3, 0.4) is 0 Å². The molecule has 0 saturated heterocycles. The standard InChI is InChI=1S/C20H21FN2O2/c21-11-15(12-22)14-25-19-7-5-17(6-8-19)20(24)23-10-9-16-3-1-2-4-18(16)13-23/h1-8,11H,9-10,12-14,22H2/b15-11+. The summed E-state index contributed by atoms with van der Waals surface area (Å²) >= 11 is 0. The molecule has 0 spiro atoms. The number of fused-ring (bicyclic) bond motifs is 1. The number of hydrogen-bond donors (Lipinski definition) is 1. The van der Waals surface area contributed by atoms with Crippen LogP contribution in [0.2, 0.25) is 0 Å². The van der Waals surface area contributed by atoms with Crippen molar-refractivity contribution in [1.29, 1.82) is 0 Å². The summed E-state index contributed by atoms with van der Waals surface area (Å²) in [6.07, 6.45) is 1.34. The van der Waals surface area contributed by atoms with Crippen LogP contribution >= 0.6 is 0 Å². The van der Waals surface area contributed by atoms with E-state index in [1.165, 1.54) is 11.1 Å². The highest BCUT2D eigenvalue weighted by molar-refractivity contribution is 5.94. The molecule has 4 nitrogen and oxygen atoms in total. The second kappa shape index (κ2) is 7.94. The SMILES string of the molecule is NC/C(=C\F)COc1ccc(C(=O)N2CCc3ccccc3C2)cc1. The number of carbonyl (C=O) groups is 1. The van der Waals surface area contributed by atoms with E-state index in [-0.39, 0.29) is 19.1 Å². The highest BCUT2D eigenvalue weighted by Gasteiger charge is 2.21. The molecule has 1 amide bonds. The fourth-order valence-electron chi connectivity index (χ4n) is 2.86. The molecule has 5 heteroatoms. The van der Waals surface area contributed by atoms with Crippen molar-refractivity contribution in [2.24, 2.45) is 5.73 Å². The first kappa shape index (κ1) is 17.2. The monoisotopic (exact) mass is 340 g/mol. The number of nitrogens with two attached hydrogens (primary N) is 1. The molecule has 0 saturated carbocycles. The molecule has 2 aromatic rings. The zero-order valence-corrected chi connectivity index (χ0v) is 14.0. The van der Waals surface area contributed by atoms with E-state index in [2.05, 4.69) is 12.1 Å². The Labute approximate surface area is 146 Å². The Bertz CT molecular complexity index is 772. The van der Waals surface area contributed by atoms with E-state index < -0.39 is 0 Å². The normalized spacial score (nSPS) is 14.2. The van der Waals surface area contributed by atoms with Gasteiger partial charge in [0.05, 0.1) is 6.33 Å². The van der Waals surface area contributed by atoms with Gasteiger partial charge in [-0.05, 0) is 41.8 Å². The van der Waals surface area contributed by atoms with Crippen molar-refractivity contribution in [3.05, 3.63) is 77.1 Å². The van der Waals surface area contributed by atoms with E-state index in [0.717, 1.165) is 13.0 Å². The van der Waals surface area contributed by atoms with Crippen LogP contribution in [0.4, 0.5) is 4.39 Å². The summed E-state index contributed by atoms with van der Waals surface area (Å²) < 4.78 is 17.9. The van der Waals surface area contributed by atoms with Crippen LogP contribution in [0.5, 0.6) is 5.75 Å². The lowest BCUT2D eigenvalue weighted by atomic mass is 9.99. The summed E-state index contributed by atoms with van der Waals surface area (Å²) in [4.78, 5) is 14.5. The minimum absolute atomic E-state index is 0.00681. The topological polar surface area (TPSA) is 55.6 Å². The van der Waals surface area contributed by atoms with Crippen LogP contribution in [0.1, 0.15) is 21.5 Å². The molecule has 0 atom stereocenters. The van der Waals surface area contributed by atoms with Crippen molar-refractivity contribution in [2.45, 2.75) is 13.0 Å². The van der Waals surface area contributed by atoms with Gasteiger partial charge in [0, 0.05) is 30.8 Å². The predicted octanol–water partition coefficient (Wildman–Crippen LogP) is 3.08. The van der Waals surface area contributed by atoms with Crippen LogP contribution in [0.25, 0.3) is 0 Å². The Kier molecular flexibility index (Phi) is 5.46. The molecule has 2 N–H and O–H groups in total. The molecule has 0 aromatic heterocycles. The van der Waals surface area contributed by atoms with Crippen LogP contribution < -0.4 is 10.5 Å². The van der Waals surface area contributed by atoms with Gasteiger partial charge < -0.3 is 15.4 Å². The van der Waals surface area contributed by atoms with Crippen molar-refractivity contribution in [3.8, 4) is 5.75 Å². The van der Waals surface area contributed by atoms with Crippen molar-refractivity contribution < 1.29 is 13.9 Å². The molecule has 0 fully saturated rings. The Hall–Kier alpha value is -2.66. The number of carbonyl (C=O) groups excluding carboxylic acids is 1. The van der Waals surface area contributed by atoms with Crippen LogP contribution in [-0.4, -0.2) is 30.5 Å². The molecule has 130 valence electrons. The van der Waals surface area contributed by atoms with Crippen molar-refractivity contribution in [1.82, 2.24) is 4.90 Å². The van der Waals surface area contributed by atoms with Crippen molar-refractivity contribution >= 4 is 5.91 Å². The van der Waals surface area contributed by atoms with Gasteiger partial charge in [-0.3, -0.25) is 4.79 Å². The van der Waals surface area contributed by atoms with Gasteiger partial charge in [0.2, 0.25) is 0 Å². The summed E-state index contributed by atoms with van der Waals surface area (Å²) in [6, 6.07) is 15.1. The Balaban J connectivity index is 1.63. The van der Waals surface area contributed by atoms with E-state index in [9.17, 15) is 9.18 Å². The van der Waals surface area contributed by atoms with Gasteiger partial charge in [-0.1, -0.05) is 24.3 Å². The number of amides is 1. The first-order valence-corrected chi connectivity index (χ1v) is 8.28. The molecule has 1 aliphatic heterocycles. The molecular formula is C20H21FN2O2. The molecule has 0 bridgehead atoms. The first-order valence-electron chi connectivity index (χ1n) is 8.28. The van der Waals surface area contributed by atoms with Gasteiger partial charge in [0.25, 0.3) is 5.91 Å². The summed E-state index contributed by atoms with van der Waals surface area (Å²) in [6.45, 7) is 1.57. The van der Waals surface area contributed by atoms with Crippen molar-refractivity contribution in [2.75, 3.05) is 19.7 Å². The lowest BCUT2D eigenvalue weighted by Crippen LogP contribution is -2.35. The van der Waals surface area contributed by atoms with Gasteiger partial charge >= 0.3 is 0 Å². The fourth-order valence-corrected chi connectivity index (χ4v) is 2.86. The molecule has 3 rings (SSSR count). The van der Waals surface area contributed by atoms with Gasteiger partial charge in [-0.25, -0.2) is 4.39 Å². The zero-order valence-electron chi connectivity index (χ0n) is 14.0. The quantitative estimate of drug-likeness (QED) is 0.910. The van der Waals surface area contributed by atoms with E-state index in [1.54, 1.807) is 24.3 Å². The van der Waals surface area contributed by atoms with E-state index in [0.29, 0.717) is 29.8 Å². The average molecular weight is 340 g/mol. The van der Waals surface area contributed by atoms with Gasteiger partial charge in [0.15, 0.2) is 0 Å². The maximum absolute atomic E-state index is 12.7. The van der Waals surface area contributed by atoms with Gasteiger partial charge in [0.1, 0.15) is 12.4 Å². The number of hydrogen-bond acceptors (Lipinski definition) is 3. The number of nitrogens with zero attached hydrogens (tertiary/aromatic N) is 1. The molecule has 0 aliphatic carbocycles. The molecule has 2 aromatic carbocycles. The fraction of sp³-hybridized carbons (Fsp3) is 0.250. The third kappa shape index (κ3) is 4.06. The Morgan fingerprint density at radius 3 is 2.56 bits per heavy atom. The molecule has 1 heterocycles. The Morgan fingerprint density at radius 1 is 1.16 bits per heavy atom.